The lowest BCUT2D eigenvalue weighted by molar-refractivity contribution is -0.124. The Hall–Kier alpha value is -1.91. The zero-order valence-corrected chi connectivity index (χ0v) is 15.3. The molecule has 3 amide bonds. The van der Waals surface area contributed by atoms with Crippen molar-refractivity contribution in [2.24, 2.45) is 0 Å². The summed E-state index contributed by atoms with van der Waals surface area (Å²) in [5, 5.41) is 5.10. The molecule has 0 radical (unpaired) electrons. The molecule has 2 aliphatic rings. The van der Waals surface area contributed by atoms with E-state index >= 15 is 0 Å². The second-order valence-corrected chi connectivity index (χ2v) is 9.33. The van der Waals surface area contributed by atoms with Crippen molar-refractivity contribution in [1.29, 1.82) is 0 Å². The van der Waals surface area contributed by atoms with Crippen LogP contribution in [0.1, 0.15) is 11.3 Å². The fraction of sp³-hybridized carbons (Fsp3) is 0.267. The SMILES string of the molecule is O=C(CCN1C(=O)SC(=Cc2cccs2)C1=O)NC1C=CS(=O)(=O)C1. The number of rotatable bonds is 5. The van der Waals surface area contributed by atoms with Gasteiger partial charge in [0, 0.05) is 23.3 Å². The van der Waals surface area contributed by atoms with E-state index in [1.54, 1.807) is 6.08 Å². The maximum atomic E-state index is 12.3. The number of hydrogen-bond donors (Lipinski definition) is 1. The topological polar surface area (TPSA) is 101 Å². The number of sulfone groups is 1. The Balaban J connectivity index is 1.54. The molecule has 10 heteroatoms. The molecule has 1 unspecified atom stereocenters. The fourth-order valence-electron chi connectivity index (χ4n) is 2.35. The lowest BCUT2D eigenvalue weighted by Crippen LogP contribution is -2.38. The van der Waals surface area contributed by atoms with E-state index in [0.717, 1.165) is 26.9 Å². The smallest absolute Gasteiger partial charge is 0.293 e. The van der Waals surface area contributed by atoms with Gasteiger partial charge in [-0.15, -0.1) is 11.3 Å². The number of carbonyl (C=O) groups excluding carboxylic acids is 3. The van der Waals surface area contributed by atoms with E-state index in [1.807, 2.05) is 17.5 Å². The van der Waals surface area contributed by atoms with Crippen molar-refractivity contribution in [3.8, 4) is 0 Å². The third-order valence-electron chi connectivity index (χ3n) is 3.53. The quantitative estimate of drug-likeness (QED) is 0.756. The van der Waals surface area contributed by atoms with Crippen LogP contribution in [0.25, 0.3) is 6.08 Å². The number of nitrogens with one attached hydrogen (secondary N) is 1. The molecular weight excluding hydrogens is 384 g/mol. The van der Waals surface area contributed by atoms with Gasteiger partial charge in [-0.2, -0.15) is 0 Å². The second kappa shape index (κ2) is 7.14. The van der Waals surface area contributed by atoms with Crippen LogP contribution in [-0.4, -0.2) is 48.7 Å². The summed E-state index contributed by atoms with van der Waals surface area (Å²) in [6.07, 6.45) is 3.00. The maximum absolute atomic E-state index is 12.3. The lowest BCUT2D eigenvalue weighted by atomic mass is 10.3. The lowest BCUT2D eigenvalue weighted by Gasteiger charge is -2.14. The molecule has 2 aliphatic heterocycles. The van der Waals surface area contributed by atoms with E-state index in [1.165, 1.54) is 17.4 Å². The molecule has 1 fully saturated rings. The number of thiophene rings is 1. The fourth-order valence-corrected chi connectivity index (χ4v) is 5.18. The van der Waals surface area contributed by atoms with E-state index in [4.69, 9.17) is 0 Å². The molecule has 0 aromatic carbocycles. The Labute approximate surface area is 152 Å². The summed E-state index contributed by atoms with van der Waals surface area (Å²) in [6, 6.07) is 3.13. The number of amides is 3. The molecule has 1 N–H and O–H groups in total. The van der Waals surface area contributed by atoms with Gasteiger partial charge >= 0.3 is 0 Å². The first-order valence-electron chi connectivity index (χ1n) is 7.33. The Bertz CT molecular complexity index is 871. The van der Waals surface area contributed by atoms with Gasteiger partial charge in [0.05, 0.1) is 16.7 Å². The van der Waals surface area contributed by atoms with Gasteiger partial charge < -0.3 is 5.32 Å². The number of thioether (sulfide) groups is 1. The van der Waals surface area contributed by atoms with Crippen molar-refractivity contribution in [1.82, 2.24) is 10.2 Å². The Kier molecular flexibility index (Phi) is 5.11. The van der Waals surface area contributed by atoms with Gasteiger partial charge in [-0.1, -0.05) is 6.07 Å². The van der Waals surface area contributed by atoms with Gasteiger partial charge in [0.2, 0.25) is 5.91 Å². The standard InChI is InChI=1S/C15H14N2O5S3/c18-13(16-10-4-7-25(21,22)9-10)3-5-17-14(19)12(24-15(17)20)8-11-2-1-6-23-11/h1-2,4,6-8,10H,3,5,9H2,(H,16,18). The van der Waals surface area contributed by atoms with Crippen LogP contribution >= 0.6 is 23.1 Å². The molecule has 1 saturated heterocycles. The predicted octanol–water partition coefficient (Wildman–Crippen LogP) is 1.60. The van der Waals surface area contributed by atoms with Gasteiger partial charge in [-0.05, 0) is 35.4 Å². The van der Waals surface area contributed by atoms with E-state index in [0.29, 0.717) is 4.91 Å². The maximum Gasteiger partial charge on any atom is 0.293 e. The second-order valence-electron chi connectivity index (χ2n) is 5.43. The van der Waals surface area contributed by atoms with E-state index in [2.05, 4.69) is 5.32 Å². The average molecular weight is 398 g/mol. The van der Waals surface area contributed by atoms with Crippen LogP contribution in [0.15, 0.2) is 33.9 Å². The molecule has 3 heterocycles. The molecule has 0 bridgehead atoms. The summed E-state index contributed by atoms with van der Waals surface area (Å²) < 4.78 is 22.6. The van der Waals surface area contributed by atoms with Crippen LogP contribution in [0.2, 0.25) is 0 Å². The summed E-state index contributed by atoms with van der Waals surface area (Å²) >= 11 is 2.31. The normalized spacial score (nSPS) is 23.6. The van der Waals surface area contributed by atoms with Crippen molar-refractivity contribution in [2.75, 3.05) is 12.3 Å². The zero-order chi connectivity index (χ0) is 18.0. The first-order valence-corrected chi connectivity index (χ1v) is 10.7. The van der Waals surface area contributed by atoms with Gasteiger partial charge in [0.15, 0.2) is 9.84 Å². The predicted molar refractivity (Wildman–Crippen MR) is 96.5 cm³/mol. The van der Waals surface area contributed by atoms with Gasteiger partial charge in [0.1, 0.15) is 0 Å². The average Bonchev–Trinajstić information content (AvgIpc) is 3.21. The molecule has 132 valence electrons. The van der Waals surface area contributed by atoms with Crippen molar-refractivity contribution in [3.05, 3.63) is 38.8 Å². The highest BCUT2D eigenvalue weighted by molar-refractivity contribution is 8.18. The molecular formula is C15H14N2O5S3. The number of hydrogen-bond acceptors (Lipinski definition) is 7. The largest absolute Gasteiger partial charge is 0.349 e. The third kappa shape index (κ3) is 4.39. The Morgan fingerprint density at radius 3 is 2.84 bits per heavy atom. The molecule has 7 nitrogen and oxygen atoms in total. The highest BCUT2D eigenvalue weighted by Gasteiger charge is 2.35. The first-order chi connectivity index (χ1) is 11.8. The zero-order valence-electron chi connectivity index (χ0n) is 12.9. The molecule has 1 atom stereocenters. The number of imide groups is 1. The van der Waals surface area contributed by atoms with Crippen LogP contribution in [0.3, 0.4) is 0 Å². The van der Waals surface area contributed by atoms with Crippen LogP contribution in [0.4, 0.5) is 4.79 Å². The molecule has 0 spiro atoms. The summed E-state index contributed by atoms with van der Waals surface area (Å²) in [5.74, 6) is -0.989. The van der Waals surface area contributed by atoms with E-state index in [-0.39, 0.29) is 18.7 Å². The number of nitrogens with zero attached hydrogens (tertiary/aromatic N) is 1. The Morgan fingerprint density at radius 2 is 2.20 bits per heavy atom. The molecule has 1 aromatic rings. The van der Waals surface area contributed by atoms with E-state index in [9.17, 15) is 22.8 Å². The third-order valence-corrected chi connectivity index (χ3v) is 6.65. The van der Waals surface area contributed by atoms with Crippen molar-refractivity contribution >= 4 is 56.1 Å². The molecule has 3 rings (SSSR count). The summed E-state index contributed by atoms with van der Waals surface area (Å²) in [5.41, 5.74) is 0. The Morgan fingerprint density at radius 1 is 1.40 bits per heavy atom. The van der Waals surface area contributed by atoms with Crippen LogP contribution in [0.5, 0.6) is 0 Å². The minimum Gasteiger partial charge on any atom is -0.349 e. The van der Waals surface area contributed by atoms with Crippen molar-refractivity contribution in [3.63, 3.8) is 0 Å². The first kappa shape index (κ1) is 17.9. The van der Waals surface area contributed by atoms with Crippen molar-refractivity contribution in [2.45, 2.75) is 12.5 Å². The van der Waals surface area contributed by atoms with Crippen LogP contribution in [-0.2, 0) is 19.4 Å². The number of carbonyl (C=O) groups is 3. The molecule has 0 aliphatic carbocycles. The highest BCUT2D eigenvalue weighted by atomic mass is 32.2. The minimum atomic E-state index is -3.25. The van der Waals surface area contributed by atoms with Gasteiger partial charge in [-0.3, -0.25) is 19.3 Å². The van der Waals surface area contributed by atoms with Gasteiger partial charge in [0.25, 0.3) is 11.1 Å². The highest BCUT2D eigenvalue weighted by Crippen LogP contribution is 2.32. The molecule has 0 saturated carbocycles. The summed E-state index contributed by atoms with van der Waals surface area (Å²) in [4.78, 5) is 38.4. The minimum absolute atomic E-state index is 0.0402. The van der Waals surface area contributed by atoms with E-state index < -0.39 is 32.9 Å². The van der Waals surface area contributed by atoms with Gasteiger partial charge in [-0.25, -0.2) is 8.42 Å². The van der Waals surface area contributed by atoms with Crippen LogP contribution < -0.4 is 5.32 Å². The monoisotopic (exact) mass is 398 g/mol. The van der Waals surface area contributed by atoms with Crippen molar-refractivity contribution < 1.29 is 22.8 Å². The van der Waals surface area contributed by atoms with Crippen LogP contribution in [0, 0.1) is 0 Å². The molecule has 25 heavy (non-hydrogen) atoms. The summed E-state index contributed by atoms with van der Waals surface area (Å²) in [7, 11) is -3.25. The molecule has 1 aromatic heterocycles. The summed E-state index contributed by atoms with van der Waals surface area (Å²) in [6.45, 7) is -0.0402.